The standard InChI is InChI=1S/C24H30O4/c1-5-24-13-10-17-14-18(27-15(2)25)6-7-19(17)20(24)11-12-23(4)21(24)8-9-22(23)28-16(3)26/h5-7,14,20-22H,1,8-13H2,2-4H3/t20-,21-,22+,23+,24-/m1/s1. The molecule has 0 heterocycles. The van der Waals surface area contributed by atoms with Crippen LogP contribution >= 0.6 is 0 Å². The van der Waals surface area contributed by atoms with Crippen LogP contribution < -0.4 is 4.74 Å². The molecule has 28 heavy (non-hydrogen) atoms. The van der Waals surface area contributed by atoms with Crippen LogP contribution in [-0.4, -0.2) is 18.0 Å². The lowest BCUT2D eigenvalue weighted by Crippen LogP contribution is -2.51. The van der Waals surface area contributed by atoms with Crippen molar-refractivity contribution in [3.63, 3.8) is 0 Å². The fourth-order valence-corrected chi connectivity index (χ4v) is 6.68. The van der Waals surface area contributed by atoms with Gasteiger partial charge in [0.2, 0.25) is 0 Å². The molecule has 0 bridgehead atoms. The van der Waals surface area contributed by atoms with E-state index < -0.39 is 0 Å². The van der Waals surface area contributed by atoms with E-state index in [0.29, 0.717) is 17.6 Å². The van der Waals surface area contributed by atoms with Crippen molar-refractivity contribution in [3.8, 4) is 5.75 Å². The Morgan fingerprint density at radius 3 is 2.61 bits per heavy atom. The molecular formula is C24H30O4. The summed E-state index contributed by atoms with van der Waals surface area (Å²) >= 11 is 0. The maximum absolute atomic E-state index is 11.6. The number of ether oxygens (including phenoxy) is 2. The number of esters is 2. The van der Waals surface area contributed by atoms with Crippen molar-refractivity contribution in [2.45, 2.75) is 71.3 Å². The van der Waals surface area contributed by atoms with Gasteiger partial charge < -0.3 is 9.47 Å². The number of carbonyl (C=O) groups is 2. The maximum Gasteiger partial charge on any atom is 0.308 e. The summed E-state index contributed by atoms with van der Waals surface area (Å²) in [5.41, 5.74) is 2.73. The Morgan fingerprint density at radius 1 is 1.14 bits per heavy atom. The molecule has 3 aliphatic carbocycles. The van der Waals surface area contributed by atoms with Crippen LogP contribution in [0.15, 0.2) is 30.9 Å². The summed E-state index contributed by atoms with van der Waals surface area (Å²) in [5, 5.41) is 0. The minimum absolute atomic E-state index is 0.0144. The van der Waals surface area contributed by atoms with Crippen LogP contribution in [0.2, 0.25) is 0 Å². The van der Waals surface area contributed by atoms with E-state index in [1.54, 1.807) is 0 Å². The zero-order chi connectivity index (χ0) is 20.1. The zero-order valence-electron chi connectivity index (χ0n) is 17.1. The summed E-state index contributed by atoms with van der Waals surface area (Å²) in [6.07, 6.45) is 8.37. The molecule has 0 amide bonds. The van der Waals surface area contributed by atoms with Crippen molar-refractivity contribution in [3.05, 3.63) is 42.0 Å². The van der Waals surface area contributed by atoms with Gasteiger partial charge in [-0.15, -0.1) is 6.58 Å². The third-order valence-corrected chi connectivity index (χ3v) is 7.79. The van der Waals surface area contributed by atoms with Crippen LogP contribution in [0.1, 0.15) is 69.9 Å². The van der Waals surface area contributed by atoms with Gasteiger partial charge in [-0.1, -0.05) is 19.1 Å². The molecule has 5 atom stereocenters. The molecular weight excluding hydrogens is 352 g/mol. The minimum Gasteiger partial charge on any atom is -0.462 e. The Labute approximate surface area is 167 Å². The Bertz CT molecular complexity index is 828. The predicted molar refractivity (Wildman–Crippen MR) is 107 cm³/mol. The third kappa shape index (κ3) is 2.80. The number of allylic oxidation sites excluding steroid dienone is 1. The fourth-order valence-electron chi connectivity index (χ4n) is 6.68. The van der Waals surface area contributed by atoms with Crippen molar-refractivity contribution in [1.82, 2.24) is 0 Å². The summed E-state index contributed by atoms with van der Waals surface area (Å²) in [6, 6.07) is 6.11. The van der Waals surface area contributed by atoms with Crippen molar-refractivity contribution in [2.75, 3.05) is 0 Å². The molecule has 2 saturated carbocycles. The van der Waals surface area contributed by atoms with Gasteiger partial charge >= 0.3 is 11.9 Å². The van der Waals surface area contributed by atoms with E-state index in [9.17, 15) is 9.59 Å². The van der Waals surface area contributed by atoms with Gasteiger partial charge in [-0.3, -0.25) is 9.59 Å². The van der Waals surface area contributed by atoms with Crippen LogP contribution in [0.25, 0.3) is 0 Å². The van der Waals surface area contributed by atoms with Crippen LogP contribution in [0, 0.1) is 16.7 Å². The quantitative estimate of drug-likeness (QED) is 0.421. The Morgan fingerprint density at radius 2 is 1.93 bits per heavy atom. The van der Waals surface area contributed by atoms with Gasteiger partial charge in [0.1, 0.15) is 11.9 Å². The first-order valence-corrected chi connectivity index (χ1v) is 10.4. The molecule has 4 heteroatoms. The first kappa shape index (κ1) is 19.2. The lowest BCUT2D eigenvalue weighted by Gasteiger charge is -2.57. The number of fused-ring (bicyclic) bond motifs is 5. The summed E-state index contributed by atoms with van der Waals surface area (Å²) in [4.78, 5) is 22.9. The van der Waals surface area contributed by atoms with Gasteiger partial charge in [0.05, 0.1) is 0 Å². The second-order valence-corrected chi connectivity index (χ2v) is 9.10. The van der Waals surface area contributed by atoms with Crippen molar-refractivity contribution >= 4 is 11.9 Å². The Kier molecular flexibility index (Phi) is 4.64. The average Bonchev–Trinajstić information content (AvgIpc) is 2.97. The molecule has 150 valence electrons. The second kappa shape index (κ2) is 6.75. The van der Waals surface area contributed by atoms with Crippen LogP contribution in [-0.2, 0) is 20.7 Å². The highest BCUT2D eigenvalue weighted by Crippen LogP contribution is 2.67. The highest BCUT2D eigenvalue weighted by atomic mass is 16.5. The molecule has 0 aromatic heterocycles. The van der Waals surface area contributed by atoms with Crippen LogP contribution in [0.5, 0.6) is 5.75 Å². The molecule has 1 aromatic carbocycles. The summed E-state index contributed by atoms with van der Waals surface area (Å²) in [5.74, 6) is 1.07. The number of hydrogen-bond acceptors (Lipinski definition) is 4. The predicted octanol–water partition coefficient (Wildman–Crippen LogP) is 4.96. The SMILES string of the molecule is C=C[C@@]12CCc3cc(OC(C)=O)ccc3[C@H]1CC[C@]1(C)[C@@H](OC(C)=O)CC[C@H]12. The molecule has 1 aromatic rings. The minimum atomic E-state index is -0.285. The van der Waals surface area contributed by atoms with E-state index in [1.807, 2.05) is 12.1 Å². The summed E-state index contributed by atoms with van der Waals surface area (Å²) in [7, 11) is 0. The largest absolute Gasteiger partial charge is 0.462 e. The topological polar surface area (TPSA) is 52.6 Å². The molecule has 4 nitrogen and oxygen atoms in total. The molecule has 0 saturated heterocycles. The number of benzene rings is 1. The zero-order valence-corrected chi connectivity index (χ0v) is 17.1. The molecule has 0 aliphatic heterocycles. The van der Waals surface area contributed by atoms with E-state index in [4.69, 9.17) is 9.47 Å². The van der Waals surface area contributed by atoms with Crippen molar-refractivity contribution in [1.29, 1.82) is 0 Å². The molecule has 0 radical (unpaired) electrons. The Balaban J connectivity index is 1.69. The van der Waals surface area contributed by atoms with E-state index in [0.717, 1.165) is 38.5 Å². The van der Waals surface area contributed by atoms with Gasteiger partial charge in [0.25, 0.3) is 0 Å². The van der Waals surface area contributed by atoms with Gasteiger partial charge in [-0.25, -0.2) is 0 Å². The lowest BCUT2D eigenvalue weighted by atomic mass is 9.47. The smallest absolute Gasteiger partial charge is 0.308 e. The molecule has 0 spiro atoms. The summed E-state index contributed by atoms with van der Waals surface area (Å²) < 4.78 is 11.1. The molecule has 3 aliphatic rings. The van der Waals surface area contributed by atoms with Gasteiger partial charge in [0.15, 0.2) is 0 Å². The van der Waals surface area contributed by atoms with Gasteiger partial charge in [0, 0.05) is 19.3 Å². The van der Waals surface area contributed by atoms with Crippen molar-refractivity contribution in [2.24, 2.45) is 16.7 Å². The number of rotatable bonds is 3. The van der Waals surface area contributed by atoms with Crippen LogP contribution in [0.4, 0.5) is 0 Å². The van der Waals surface area contributed by atoms with E-state index in [1.165, 1.54) is 25.0 Å². The van der Waals surface area contributed by atoms with E-state index >= 15 is 0 Å². The third-order valence-electron chi connectivity index (χ3n) is 7.79. The Hall–Kier alpha value is -2.10. The molecule has 0 unspecified atom stereocenters. The van der Waals surface area contributed by atoms with Crippen LogP contribution in [0.3, 0.4) is 0 Å². The monoisotopic (exact) mass is 382 g/mol. The van der Waals surface area contributed by atoms with E-state index in [2.05, 4.69) is 25.6 Å². The van der Waals surface area contributed by atoms with Gasteiger partial charge in [-0.05, 0) is 79.0 Å². The first-order chi connectivity index (χ1) is 13.3. The van der Waals surface area contributed by atoms with Gasteiger partial charge in [-0.2, -0.15) is 0 Å². The highest BCUT2D eigenvalue weighted by molar-refractivity contribution is 5.69. The normalized spacial score (nSPS) is 35.9. The highest BCUT2D eigenvalue weighted by Gasteiger charge is 2.61. The van der Waals surface area contributed by atoms with Crippen molar-refractivity contribution < 1.29 is 19.1 Å². The molecule has 2 fully saturated rings. The van der Waals surface area contributed by atoms with E-state index in [-0.39, 0.29) is 28.9 Å². The first-order valence-electron chi connectivity index (χ1n) is 10.4. The number of hydrogen-bond donors (Lipinski definition) is 0. The molecule has 0 N–H and O–H groups in total. The summed E-state index contributed by atoms with van der Waals surface area (Å²) in [6.45, 7) is 9.56. The average molecular weight is 383 g/mol. The number of aryl methyl sites for hydroxylation is 1. The second-order valence-electron chi connectivity index (χ2n) is 9.10. The molecule has 4 rings (SSSR count). The lowest BCUT2D eigenvalue weighted by molar-refractivity contribution is -0.156. The maximum atomic E-state index is 11.6. The fraction of sp³-hybridized carbons (Fsp3) is 0.583. The number of carbonyl (C=O) groups excluding carboxylic acids is 2.